The van der Waals surface area contributed by atoms with Gasteiger partial charge in [0.2, 0.25) is 5.75 Å². The quantitative estimate of drug-likeness (QED) is 0.650. The van der Waals surface area contributed by atoms with Crippen molar-refractivity contribution in [2.24, 2.45) is 5.10 Å². The number of rotatable bonds is 6. The largest absolute Gasteiger partial charge is 0.493 e. The van der Waals surface area contributed by atoms with Crippen LogP contribution in [0.25, 0.3) is 0 Å². The predicted octanol–water partition coefficient (Wildman–Crippen LogP) is 1.87. The van der Waals surface area contributed by atoms with Crippen molar-refractivity contribution in [3.05, 3.63) is 47.8 Å². The molecule has 0 aliphatic carbocycles. The molecule has 2 rings (SSSR count). The van der Waals surface area contributed by atoms with Crippen molar-refractivity contribution in [3.63, 3.8) is 0 Å². The average molecular weight is 315 g/mol. The maximum absolute atomic E-state index is 11.8. The molecule has 0 saturated heterocycles. The molecule has 0 radical (unpaired) electrons. The van der Waals surface area contributed by atoms with Gasteiger partial charge in [0.15, 0.2) is 11.5 Å². The number of carbonyl (C=O) groups is 1. The predicted molar refractivity (Wildman–Crippen MR) is 85.4 cm³/mol. The molecule has 1 aromatic carbocycles. The Morgan fingerprint density at radius 1 is 1.17 bits per heavy atom. The van der Waals surface area contributed by atoms with Crippen LogP contribution in [0.3, 0.4) is 0 Å². The average Bonchev–Trinajstić information content (AvgIpc) is 2.61. The summed E-state index contributed by atoms with van der Waals surface area (Å²) in [5.41, 5.74) is 3.54. The second-order valence-corrected chi connectivity index (χ2v) is 4.40. The number of carbonyl (C=O) groups excluding carboxylic acids is 1. The van der Waals surface area contributed by atoms with Crippen molar-refractivity contribution in [1.82, 2.24) is 10.4 Å². The molecule has 1 heterocycles. The van der Waals surface area contributed by atoms with Crippen molar-refractivity contribution >= 4 is 12.1 Å². The van der Waals surface area contributed by atoms with Gasteiger partial charge in [-0.05, 0) is 24.3 Å². The number of aromatic nitrogens is 1. The Hall–Kier alpha value is -3.09. The molecule has 0 fully saturated rings. The number of pyridine rings is 1. The fourth-order valence-corrected chi connectivity index (χ4v) is 1.90. The maximum Gasteiger partial charge on any atom is 0.272 e. The number of benzene rings is 1. The molecule has 0 atom stereocenters. The van der Waals surface area contributed by atoms with Crippen molar-refractivity contribution in [1.29, 1.82) is 0 Å². The lowest BCUT2D eigenvalue weighted by molar-refractivity contribution is 0.0955. The number of nitrogens with one attached hydrogen (secondary N) is 1. The minimum Gasteiger partial charge on any atom is -0.493 e. The summed E-state index contributed by atoms with van der Waals surface area (Å²) in [7, 11) is 4.59. The molecule has 2 aromatic rings. The van der Waals surface area contributed by atoms with Crippen LogP contribution in [0.2, 0.25) is 0 Å². The Morgan fingerprint density at radius 3 is 2.39 bits per heavy atom. The summed E-state index contributed by atoms with van der Waals surface area (Å²) in [6.07, 6.45) is 4.54. The molecule has 0 aliphatic rings. The lowest BCUT2D eigenvalue weighted by Gasteiger charge is -2.12. The summed E-state index contributed by atoms with van der Waals surface area (Å²) < 4.78 is 15.8. The summed E-state index contributed by atoms with van der Waals surface area (Å²) in [4.78, 5) is 15.7. The SMILES string of the molecule is COc1cc(/C=N/NC(=O)c2cccnc2)cc(OC)c1OC. The zero-order valence-corrected chi connectivity index (χ0v) is 13.1. The molecule has 120 valence electrons. The van der Waals surface area contributed by atoms with Gasteiger partial charge >= 0.3 is 0 Å². The van der Waals surface area contributed by atoms with E-state index in [9.17, 15) is 4.79 Å². The molecule has 0 spiro atoms. The van der Waals surface area contributed by atoms with E-state index in [0.29, 0.717) is 28.4 Å². The Labute approximate surface area is 133 Å². The summed E-state index contributed by atoms with van der Waals surface area (Å²) in [6, 6.07) is 6.78. The van der Waals surface area contributed by atoms with Gasteiger partial charge in [-0.3, -0.25) is 9.78 Å². The zero-order valence-electron chi connectivity index (χ0n) is 13.1. The topological polar surface area (TPSA) is 82.0 Å². The minimum absolute atomic E-state index is 0.346. The van der Waals surface area contributed by atoms with Crippen LogP contribution in [0.4, 0.5) is 0 Å². The van der Waals surface area contributed by atoms with Gasteiger partial charge in [-0.2, -0.15) is 5.10 Å². The summed E-state index contributed by atoms with van der Waals surface area (Å²) in [6.45, 7) is 0. The van der Waals surface area contributed by atoms with Crippen molar-refractivity contribution in [3.8, 4) is 17.2 Å². The third-order valence-electron chi connectivity index (χ3n) is 2.99. The normalized spacial score (nSPS) is 10.4. The molecular formula is C16H17N3O4. The molecule has 1 aromatic heterocycles. The molecule has 0 unspecified atom stereocenters. The van der Waals surface area contributed by atoms with E-state index in [1.807, 2.05) is 0 Å². The third kappa shape index (κ3) is 3.97. The van der Waals surface area contributed by atoms with E-state index in [1.165, 1.54) is 33.7 Å². The molecule has 7 heteroatoms. The van der Waals surface area contributed by atoms with E-state index in [1.54, 1.807) is 30.5 Å². The van der Waals surface area contributed by atoms with E-state index in [-0.39, 0.29) is 5.91 Å². The van der Waals surface area contributed by atoms with Gasteiger partial charge in [0.25, 0.3) is 5.91 Å². The summed E-state index contributed by atoms with van der Waals surface area (Å²) >= 11 is 0. The molecule has 0 saturated carbocycles. The van der Waals surface area contributed by atoms with Gasteiger partial charge in [-0.25, -0.2) is 5.43 Å². The van der Waals surface area contributed by atoms with Crippen LogP contribution in [0, 0.1) is 0 Å². The van der Waals surface area contributed by atoms with Crippen LogP contribution >= 0.6 is 0 Å². The number of ether oxygens (including phenoxy) is 3. The second-order valence-electron chi connectivity index (χ2n) is 4.40. The Kier molecular flexibility index (Phi) is 5.51. The van der Waals surface area contributed by atoms with Gasteiger partial charge in [0.1, 0.15) is 0 Å². The highest BCUT2D eigenvalue weighted by molar-refractivity contribution is 5.94. The lowest BCUT2D eigenvalue weighted by atomic mass is 10.2. The lowest BCUT2D eigenvalue weighted by Crippen LogP contribution is -2.17. The number of methoxy groups -OCH3 is 3. The van der Waals surface area contributed by atoms with E-state index in [2.05, 4.69) is 15.5 Å². The fraction of sp³-hybridized carbons (Fsp3) is 0.188. The van der Waals surface area contributed by atoms with Crippen LogP contribution in [-0.2, 0) is 0 Å². The molecule has 1 N–H and O–H groups in total. The first-order valence-corrected chi connectivity index (χ1v) is 6.73. The minimum atomic E-state index is -0.346. The third-order valence-corrected chi connectivity index (χ3v) is 2.99. The molecule has 0 bridgehead atoms. The van der Waals surface area contributed by atoms with Gasteiger partial charge in [-0.15, -0.1) is 0 Å². The van der Waals surface area contributed by atoms with Crippen molar-refractivity contribution in [2.45, 2.75) is 0 Å². The maximum atomic E-state index is 11.8. The van der Waals surface area contributed by atoms with Crippen LogP contribution in [-0.4, -0.2) is 38.4 Å². The number of hydrazone groups is 1. The van der Waals surface area contributed by atoms with Crippen LogP contribution in [0.15, 0.2) is 41.8 Å². The highest BCUT2D eigenvalue weighted by Crippen LogP contribution is 2.37. The number of hydrogen-bond acceptors (Lipinski definition) is 6. The van der Waals surface area contributed by atoms with E-state index < -0.39 is 0 Å². The molecular weight excluding hydrogens is 298 g/mol. The van der Waals surface area contributed by atoms with E-state index in [0.717, 1.165) is 0 Å². The van der Waals surface area contributed by atoms with Crippen LogP contribution in [0.1, 0.15) is 15.9 Å². The number of hydrogen-bond donors (Lipinski definition) is 1. The van der Waals surface area contributed by atoms with Gasteiger partial charge in [0.05, 0.1) is 33.1 Å². The van der Waals surface area contributed by atoms with Crippen molar-refractivity contribution in [2.75, 3.05) is 21.3 Å². The highest BCUT2D eigenvalue weighted by Gasteiger charge is 2.12. The van der Waals surface area contributed by atoms with Gasteiger partial charge < -0.3 is 14.2 Å². The number of amides is 1. The first-order chi connectivity index (χ1) is 11.2. The second kappa shape index (κ2) is 7.79. The molecule has 0 aliphatic heterocycles. The van der Waals surface area contributed by atoms with E-state index >= 15 is 0 Å². The molecule has 7 nitrogen and oxygen atoms in total. The first kappa shape index (κ1) is 16.3. The Morgan fingerprint density at radius 2 is 1.87 bits per heavy atom. The Bertz CT molecular complexity index is 677. The smallest absolute Gasteiger partial charge is 0.272 e. The molecule has 1 amide bonds. The Balaban J connectivity index is 2.15. The van der Waals surface area contributed by atoms with Crippen LogP contribution in [0.5, 0.6) is 17.2 Å². The standard InChI is InChI=1S/C16H17N3O4/c1-21-13-7-11(8-14(22-2)15(13)23-3)9-18-19-16(20)12-5-4-6-17-10-12/h4-10H,1-3H3,(H,19,20)/b18-9+. The summed E-state index contributed by atoms with van der Waals surface area (Å²) in [5, 5.41) is 3.92. The highest BCUT2D eigenvalue weighted by atomic mass is 16.5. The number of nitrogens with zero attached hydrogens (tertiary/aromatic N) is 2. The van der Waals surface area contributed by atoms with Crippen molar-refractivity contribution < 1.29 is 19.0 Å². The van der Waals surface area contributed by atoms with Gasteiger partial charge in [-0.1, -0.05) is 0 Å². The monoisotopic (exact) mass is 315 g/mol. The van der Waals surface area contributed by atoms with Crippen LogP contribution < -0.4 is 19.6 Å². The first-order valence-electron chi connectivity index (χ1n) is 6.73. The van der Waals surface area contributed by atoms with Gasteiger partial charge in [0, 0.05) is 18.0 Å². The van der Waals surface area contributed by atoms with E-state index in [4.69, 9.17) is 14.2 Å². The summed E-state index contributed by atoms with van der Waals surface area (Å²) in [5.74, 6) is 1.16. The molecule has 23 heavy (non-hydrogen) atoms. The zero-order chi connectivity index (χ0) is 16.7. The fourth-order valence-electron chi connectivity index (χ4n) is 1.90.